The molecule has 0 radical (unpaired) electrons. The molecule has 1 N–H and O–H groups in total. The van der Waals surface area contributed by atoms with E-state index in [2.05, 4.69) is 12.2 Å². The Morgan fingerprint density at radius 3 is 2.89 bits per heavy atom. The molecule has 2 rings (SSSR count). The summed E-state index contributed by atoms with van der Waals surface area (Å²) in [5.41, 5.74) is 0.391. The van der Waals surface area contributed by atoms with Crippen molar-refractivity contribution in [2.75, 3.05) is 13.2 Å². The van der Waals surface area contributed by atoms with E-state index in [4.69, 9.17) is 4.74 Å². The van der Waals surface area contributed by atoms with Gasteiger partial charge in [-0.25, -0.2) is 0 Å². The third-order valence-electron chi connectivity index (χ3n) is 3.69. The SMILES string of the molecule is CCOc1cccc(C(=O)C2(CC)CCCN2)c1. The molecule has 0 aliphatic carbocycles. The van der Waals surface area contributed by atoms with Crippen LogP contribution in [0.25, 0.3) is 0 Å². The van der Waals surface area contributed by atoms with Gasteiger partial charge in [0.25, 0.3) is 0 Å². The van der Waals surface area contributed by atoms with Crippen LogP contribution in [0.1, 0.15) is 43.5 Å². The smallest absolute Gasteiger partial charge is 0.182 e. The molecular formula is C15H21NO2. The molecule has 1 aliphatic heterocycles. The molecule has 3 heteroatoms. The van der Waals surface area contributed by atoms with Crippen LogP contribution in [0.4, 0.5) is 0 Å². The van der Waals surface area contributed by atoms with Gasteiger partial charge in [0.1, 0.15) is 5.75 Å². The summed E-state index contributed by atoms with van der Waals surface area (Å²) in [6, 6.07) is 7.50. The van der Waals surface area contributed by atoms with Gasteiger partial charge < -0.3 is 10.1 Å². The number of hydrogen-bond donors (Lipinski definition) is 1. The zero-order chi connectivity index (χ0) is 13.0. The summed E-state index contributed by atoms with van der Waals surface area (Å²) in [5.74, 6) is 0.969. The summed E-state index contributed by atoms with van der Waals surface area (Å²) in [7, 11) is 0. The normalized spacial score (nSPS) is 23.0. The lowest BCUT2D eigenvalue weighted by atomic mass is 9.85. The maximum Gasteiger partial charge on any atom is 0.182 e. The largest absolute Gasteiger partial charge is 0.494 e. The fraction of sp³-hybridized carbons (Fsp3) is 0.533. The Kier molecular flexibility index (Phi) is 4.02. The maximum atomic E-state index is 12.6. The molecule has 0 spiro atoms. The Hall–Kier alpha value is -1.35. The molecule has 1 fully saturated rings. The minimum Gasteiger partial charge on any atom is -0.494 e. The molecule has 1 atom stereocenters. The van der Waals surface area contributed by atoms with Gasteiger partial charge in [0.05, 0.1) is 12.1 Å². The predicted molar refractivity (Wildman–Crippen MR) is 72.2 cm³/mol. The number of benzene rings is 1. The lowest BCUT2D eigenvalue weighted by Gasteiger charge is -2.26. The van der Waals surface area contributed by atoms with Gasteiger partial charge in [-0.2, -0.15) is 0 Å². The molecule has 3 nitrogen and oxygen atoms in total. The summed E-state index contributed by atoms with van der Waals surface area (Å²) in [6.45, 7) is 5.57. The highest BCUT2D eigenvalue weighted by molar-refractivity contribution is 6.03. The van der Waals surface area contributed by atoms with E-state index in [9.17, 15) is 4.79 Å². The van der Waals surface area contributed by atoms with Gasteiger partial charge >= 0.3 is 0 Å². The monoisotopic (exact) mass is 247 g/mol. The minimum absolute atomic E-state index is 0.198. The van der Waals surface area contributed by atoms with Crippen LogP contribution in [0.5, 0.6) is 5.75 Å². The summed E-state index contributed by atoms with van der Waals surface area (Å²) >= 11 is 0. The molecule has 18 heavy (non-hydrogen) atoms. The third-order valence-corrected chi connectivity index (χ3v) is 3.69. The molecule has 0 bridgehead atoms. The van der Waals surface area contributed by atoms with Crippen molar-refractivity contribution in [1.82, 2.24) is 5.32 Å². The predicted octanol–water partition coefficient (Wildman–Crippen LogP) is 2.80. The molecule has 0 amide bonds. The van der Waals surface area contributed by atoms with Crippen LogP contribution < -0.4 is 10.1 Å². The van der Waals surface area contributed by atoms with Crippen LogP contribution in [0.2, 0.25) is 0 Å². The minimum atomic E-state index is -0.356. The summed E-state index contributed by atoms with van der Waals surface area (Å²) in [4.78, 5) is 12.6. The zero-order valence-electron chi connectivity index (χ0n) is 11.2. The first-order valence-electron chi connectivity index (χ1n) is 6.74. The quantitative estimate of drug-likeness (QED) is 0.813. The average Bonchev–Trinajstić information content (AvgIpc) is 2.88. The fourth-order valence-electron chi connectivity index (χ4n) is 2.63. The van der Waals surface area contributed by atoms with Crippen LogP contribution in [0, 0.1) is 0 Å². The highest BCUT2D eigenvalue weighted by Crippen LogP contribution is 2.28. The zero-order valence-corrected chi connectivity index (χ0v) is 11.2. The van der Waals surface area contributed by atoms with Gasteiger partial charge in [-0.3, -0.25) is 4.79 Å². The van der Waals surface area contributed by atoms with Gasteiger partial charge in [0.15, 0.2) is 5.78 Å². The molecule has 98 valence electrons. The van der Waals surface area contributed by atoms with Gasteiger partial charge in [-0.1, -0.05) is 19.1 Å². The summed E-state index contributed by atoms with van der Waals surface area (Å²) < 4.78 is 5.45. The molecule has 1 aromatic carbocycles. The second-order valence-corrected chi connectivity index (χ2v) is 4.76. The molecule has 1 unspecified atom stereocenters. The second-order valence-electron chi connectivity index (χ2n) is 4.76. The van der Waals surface area contributed by atoms with Crippen LogP contribution in [-0.2, 0) is 0 Å². The van der Waals surface area contributed by atoms with Gasteiger partial charge in [0, 0.05) is 5.56 Å². The van der Waals surface area contributed by atoms with Crippen LogP contribution in [0.3, 0.4) is 0 Å². The van der Waals surface area contributed by atoms with Crippen molar-refractivity contribution >= 4 is 5.78 Å². The Balaban J connectivity index is 2.24. The van der Waals surface area contributed by atoms with Crippen molar-refractivity contribution in [3.8, 4) is 5.75 Å². The van der Waals surface area contributed by atoms with Crippen LogP contribution in [-0.4, -0.2) is 24.5 Å². The molecule has 0 saturated carbocycles. The Labute approximate surface area is 109 Å². The van der Waals surface area contributed by atoms with Crippen LogP contribution >= 0.6 is 0 Å². The summed E-state index contributed by atoms with van der Waals surface area (Å²) in [5, 5.41) is 3.38. The third kappa shape index (κ3) is 2.41. The van der Waals surface area contributed by atoms with E-state index in [1.54, 1.807) is 0 Å². The number of hydrogen-bond acceptors (Lipinski definition) is 3. The van der Waals surface area contributed by atoms with E-state index in [0.29, 0.717) is 6.61 Å². The van der Waals surface area contributed by atoms with Gasteiger partial charge in [-0.15, -0.1) is 0 Å². The average molecular weight is 247 g/mol. The number of carbonyl (C=O) groups is 1. The topological polar surface area (TPSA) is 38.3 Å². The van der Waals surface area contributed by atoms with E-state index in [0.717, 1.165) is 37.1 Å². The number of ketones is 1. The van der Waals surface area contributed by atoms with Crippen molar-refractivity contribution in [3.63, 3.8) is 0 Å². The fourth-order valence-corrected chi connectivity index (χ4v) is 2.63. The Morgan fingerprint density at radius 1 is 1.44 bits per heavy atom. The Morgan fingerprint density at radius 2 is 2.28 bits per heavy atom. The molecule has 0 aromatic heterocycles. The van der Waals surface area contributed by atoms with E-state index in [-0.39, 0.29) is 11.3 Å². The lowest BCUT2D eigenvalue weighted by Crippen LogP contribution is -2.46. The van der Waals surface area contributed by atoms with Gasteiger partial charge in [0.2, 0.25) is 0 Å². The molecular weight excluding hydrogens is 226 g/mol. The first-order valence-corrected chi connectivity index (χ1v) is 6.74. The second kappa shape index (κ2) is 5.53. The number of Topliss-reactive ketones (excluding diaryl/α,β-unsaturated/α-hetero) is 1. The van der Waals surface area contributed by atoms with E-state index < -0.39 is 0 Å². The van der Waals surface area contributed by atoms with Crippen molar-refractivity contribution in [2.24, 2.45) is 0 Å². The summed E-state index contributed by atoms with van der Waals surface area (Å²) in [6.07, 6.45) is 2.84. The molecule has 1 aromatic rings. The lowest BCUT2D eigenvalue weighted by molar-refractivity contribution is 0.0863. The van der Waals surface area contributed by atoms with Crippen molar-refractivity contribution in [1.29, 1.82) is 0 Å². The van der Waals surface area contributed by atoms with Crippen molar-refractivity contribution in [3.05, 3.63) is 29.8 Å². The molecule has 1 saturated heterocycles. The number of rotatable bonds is 5. The molecule has 1 aliphatic rings. The standard InChI is InChI=1S/C15H21NO2/c1-3-15(9-6-10-16-15)14(17)12-7-5-8-13(11-12)18-4-2/h5,7-8,11,16H,3-4,6,9-10H2,1-2H3. The first-order chi connectivity index (χ1) is 8.72. The van der Waals surface area contributed by atoms with E-state index >= 15 is 0 Å². The Bertz CT molecular complexity index is 422. The highest BCUT2D eigenvalue weighted by Gasteiger charge is 2.39. The number of carbonyl (C=O) groups excluding carboxylic acids is 1. The van der Waals surface area contributed by atoms with E-state index in [1.807, 2.05) is 31.2 Å². The first kappa shape index (κ1) is 13.1. The highest BCUT2D eigenvalue weighted by atomic mass is 16.5. The van der Waals surface area contributed by atoms with Crippen molar-refractivity contribution in [2.45, 2.75) is 38.6 Å². The van der Waals surface area contributed by atoms with E-state index in [1.165, 1.54) is 0 Å². The maximum absolute atomic E-state index is 12.6. The van der Waals surface area contributed by atoms with Crippen molar-refractivity contribution < 1.29 is 9.53 Å². The van der Waals surface area contributed by atoms with Crippen LogP contribution in [0.15, 0.2) is 24.3 Å². The number of nitrogens with one attached hydrogen (secondary N) is 1. The van der Waals surface area contributed by atoms with Gasteiger partial charge in [-0.05, 0) is 44.9 Å². The molecule has 1 heterocycles. The number of ether oxygens (including phenoxy) is 1.